The maximum Gasteiger partial charge on any atom is 0.227 e. The molecule has 1 N–H and O–H groups in total. The molecule has 0 aliphatic rings. The first-order chi connectivity index (χ1) is 15.5. The third-order valence-electron chi connectivity index (χ3n) is 5.33. The summed E-state index contributed by atoms with van der Waals surface area (Å²) in [4.78, 5) is 2.18. The van der Waals surface area contributed by atoms with Gasteiger partial charge in [0.2, 0.25) is 5.88 Å². The van der Waals surface area contributed by atoms with E-state index in [4.69, 9.17) is 19.3 Å². The molecule has 1 atom stereocenters. The number of nitrogens with zero attached hydrogens (tertiary/aromatic N) is 3. The van der Waals surface area contributed by atoms with Crippen molar-refractivity contribution in [1.82, 2.24) is 14.7 Å². The Kier molecular flexibility index (Phi) is 8.67. The van der Waals surface area contributed by atoms with Crippen molar-refractivity contribution < 1.29 is 19.3 Å². The molecule has 0 radical (unpaired) electrons. The summed E-state index contributed by atoms with van der Waals surface area (Å²) in [6.45, 7) is 6.37. The van der Waals surface area contributed by atoms with E-state index in [1.807, 2.05) is 73.1 Å². The van der Waals surface area contributed by atoms with Crippen LogP contribution in [0.15, 0.2) is 54.6 Å². The SMILES string of the molecule is CC[C@H](O)CN(CCOC)Cc1c(C)nn(-c2ccccc2)c1Oc1cccc(OC)c1. The zero-order valence-electron chi connectivity index (χ0n) is 19.3. The van der Waals surface area contributed by atoms with Crippen LogP contribution < -0.4 is 9.47 Å². The van der Waals surface area contributed by atoms with Crippen LogP contribution in [-0.4, -0.2) is 59.8 Å². The molecule has 1 aromatic heterocycles. The summed E-state index contributed by atoms with van der Waals surface area (Å²) in [6.07, 6.45) is 0.290. The number of rotatable bonds is 12. The minimum atomic E-state index is -0.404. The topological polar surface area (TPSA) is 69.0 Å². The van der Waals surface area contributed by atoms with Crippen LogP contribution >= 0.6 is 0 Å². The van der Waals surface area contributed by atoms with Crippen LogP contribution in [0.4, 0.5) is 0 Å². The van der Waals surface area contributed by atoms with Crippen LogP contribution in [0.3, 0.4) is 0 Å². The number of methoxy groups -OCH3 is 2. The average Bonchev–Trinajstić information content (AvgIpc) is 3.12. The molecule has 0 unspecified atom stereocenters. The predicted molar refractivity (Wildman–Crippen MR) is 125 cm³/mol. The van der Waals surface area contributed by atoms with Crippen molar-refractivity contribution in [3.63, 3.8) is 0 Å². The zero-order valence-corrected chi connectivity index (χ0v) is 19.3. The number of ether oxygens (including phenoxy) is 3. The Labute approximate surface area is 190 Å². The standard InChI is InChI=1S/C25H33N3O4/c1-5-21(29)17-27(14-15-30-3)18-24-19(2)26-28(20-10-7-6-8-11-20)25(24)32-23-13-9-12-22(16-23)31-4/h6-13,16,21,29H,5,14-15,17-18H2,1-4H3/t21-/m0/s1. The molecule has 3 aromatic rings. The molecule has 0 aliphatic carbocycles. The fourth-order valence-corrected chi connectivity index (χ4v) is 3.45. The second kappa shape index (κ2) is 11.7. The van der Waals surface area contributed by atoms with Crippen molar-refractivity contribution in [2.75, 3.05) is 33.9 Å². The number of aliphatic hydroxyl groups is 1. The zero-order chi connectivity index (χ0) is 22.9. The van der Waals surface area contributed by atoms with Gasteiger partial charge < -0.3 is 19.3 Å². The Morgan fingerprint density at radius 1 is 1.06 bits per heavy atom. The third kappa shape index (κ3) is 6.09. The summed E-state index contributed by atoms with van der Waals surface area (Å²) >= 11 is 0. The van der Waals surface area contributed by atoms with Crippen molar-refractivity contribution in [3.05, 3.63) is 65.9 Å². The number of para-hydroxylation sites is 1. The molecule has 0 saturated carbocycles. The average molecular weight is 440 g/mol. The molecule has 32 heavy (non-hydrogen) atoms. The van der Waals surface area contributed by atoms with E-state index in [0.29, 0.717) is 44.3 Å². The third-order valence-corrected chi connectivity index (χ3v) is 5.33. The van der Waals surface area contributed by atoms with Gasteiger partial charge in [-0.1, -0.05) is 31.2 Å². The number of hydrogen-bond acceptors (Lipinski definition) is 6. The maximum atomic E-state index is 10.3. The highest BCUT2D eigenvalue weighted by atomic mass is 16.5. The second-order valence-corrected chi connectivity index (χ2v) is 7.69. The molecule has 2 aromatic carbocycles. The van der Waals surface area contributed by atoms with Gasteiger partial charge in [0.25, 0.3) is 0 Å². The van der Waals surface area contributed by atoms with Crippen molar-refractivity contribution in [2.45, 2.75) is 32.9 Å². The van der Waals surface area contributed by atoms with E-state index in [9.17, 15) is 5.11 Å². The van der Waals surface area contributed by atoms with Crippen LogP contribution in [0.25, 0.3) is 5.69 Å². The van der Waals surface area contributed by atoms with Gasteiger partial charge in [0.15, 0.2) is 0 Å². The Bertz CT molecular complexity index is 975. The summed E-state index contributed by atoms with van der Waals surface area (Å²) in [5.74, 6) is 2.04. The fraction of sp³-hybridized carbons (Fsp3) is 0.400. The van der Waals surface area contributed by atoms with Crippen molar-refractivity contribution in [3.8, 4) is 23.1 Å². The highest BCUT2D eigenvalue weighted by Gasteiger charge is 2.22. The monoisotopic (exact) mass is 439 g/mol. The molecule has 172 valence electrons. The van der Waals surface area contributed by atoms with Crippen molar-refractivity contribution in [2.24, 2.45) is 0 Å². The molecular weight excluding hydrogens is 406 g/mol. The quantitative estimate of drug-likeness (QED) is 0.456. The molecular formula is C25H33N3O4. The summed E-state index contributed by atoms with van der Waals surface area (Å²) in [7, 11) is 3.32. The summed E-state index contributed by atoms with van der Waals surface area (Å²) in [5, 5.41) is 15.1. The fourth-order valence-electron chi connectivity index (χ4n) is 3.45. The van der Waals surface area contributed by atoms with E-state index in [-0.39, 0.29) is 0 Å². The molecule has 0 spiro atoms. The van der Waals surface area contributed by atoms with Gasteiger partial charge in [-0.15, -0.1) is 0 Å². The highest BCUT2D eigenvalue weighted by Crippen LogP contribution is 2.33. The molecule has 0 amide bonds. The van der Waals surface area contributed by atoms with Gasteiger partial charge in [0.05, 0.1) is 36.8 Å². The molecule has 1 heterocycles. The Hall–Kier alpha value is -2.87. The number of aryl methyl sites for hydroxylation is 1. The van der Waals surface area contributed by atoms with Crippen molar-refractivity contribution >= 4 is 0 Å². The molecule has 0 fully saturated rings. The van der Waals surface area contributed by atoms with E-state index in [2.05, 4.69) is 4.90 Å². The molecule has 3 rings (SSSR count). The van der Waals surface area contributed by atoms with E-state index in [1.165, 1.54) is 0 Å². The molecule has 7 nitrogen and oxygen atoms in total. The summed E-state index contributed by atoms with van der Waals surface area (Å²) in [5.41, 5.74) is 2.76. The van der Waals surface area contributed by atoms with E-state index >= 15 is 0 Å². The second-order valence-electron chi connectivity index (χ2n) is 7.69. The largest absolute Gasteiger partial charge is 0.497 e. The minimum absolute atomic E-state index is 0.404. The van der Waals surface area contributed by atoms with Crippen LogP contribution in [-0.2, 0) is 11.3 Å². The number of benzene rings is 2. The van der Waals surface area contributed by atoms with Crippen LogP contribution in [0.1, 0.15) is 24.6 Å². The smallest absolute Gasteiger partial charge is 0.227 e. The highest BCUT2D eigenvalue weighted by molar-refractivity contribution is 5.44. The first-order valence-corrected chi connectivity index (χ1v) is 10.9. The Balaban J connectivity index is 2.00. The van der Waals surface area contributed by atoms with Crippen molar-refractivity contribution in [1.29, 1.82) is 0 Å². The van der Waals surface area contributed by atoms with Crippen LogP contribution in [0.5, 0.6) is 17.4 Å². The lowest BCUT2D eigenvalue weighted by molar-refractivity contribution is 0.0825. The Morgan fingerprint density at radius 3 is 2.50 bits per heavy atom. The minimum Gasteiger partial charge on any atom is -0.497 e. The van der Waals surface area contributed by atoms with E-state index in [1.54, 1.807) is 14.2 Å². The first kappa shape index (κ1) is 23.8. The lowest BCUT2D eigenvalue weighted by Gasteiger charge is -2.24. The first-order valence-electron chi connectivity index (χ1n) is 10.9. The normalized spacial score (nSPS) is 12.2. The van der Waals surface area contributed by atoms with Gasteiger partial charge in [-0.2, -0.15) is 5.10 Å². The van der Waals surface area contributed by atoms with Crippen LogP contribution in [0.2, 0.25) is 0 Å². The van der Waals surface area contributed by atoms with Gasteiger partial charge >= 0.3 is 0 Å². The van der Waals surface area contributed by atoms with Gasteiger partial charge in [-0.25, -0.2) is 4.68 Å². The van der Waals surface area contributed by atoms with Gasteiger partial charge in [-0.3, -0.25) is 4.90 Å². The summed E-state index contributed by atoms with van der Waals surface area (Å²) in [6, 6.07) is 17.4. The number of hydrogen-bond donors (Lipinski definition) is 1. The summed E-state index contributed by atoms with van der Waals surface area (Å²) < 4.78 is 18.9. The van der Waals surface area contributed by atoms with Gasteiger partial charge in [-0.05, 0) is 37.6 Å². The molecule has 0 bridgehead atoms. The van der Waals surface area contributed by atoms with Gasteiger partial charge in [0.1, 0.15) is 11.5 Å². The van der Waals surface area contributed by atoms with Gasteiger partial charge in [0, 0.05) is 32.8 Å². The Morgan fingerprint density at radius 2 is 1.81 bits per heavy atom. The maximum absolute atomic E-state index is 10.3. The van der Waals surface area contributed by atoms with E-state index < -0.39 is 6.10 Å². The lowest BCUT2D eigenvalue weighted by Crippen LogP contribution is -2.34. The molecule has 0 saturated heterocycles. The predicted octanol–water partition coefficient (Wildman–Crippen LogP) is 4.20. The number of aromatic nitrogens is 2. The number of aliphatic hydroxyl groups excluding tert-OH is 1. The van der Waals surface area contributed by atoms with E-state index in [0.717, 1.165) is 22.7 Å². The lowest BCUT2D eigenvalue weighted by atomic mass is 10.2. The molecule has 0 aliphatic heterocycles. The molecule has 7 heteroatoms. The van der Waals surface area contributed by atoms with Crippen LogP contribution in [0, 0.1) is 6.92 Å².